The molecule has 1 saturated carbocycles. The lowest BCUT2D eigenvalue weighted by atomic mass is 9.94. The monoisotopic (exact) mass is 314 g/mol. The van der Waals surface area contributed by atoms with E-state index in [4.69, 9.17) is 5.73 Å². The number of carboxylic acid groups (broad SMARTS) is 1. The lowest BCUT2D eigenvalue weighted by molar-refractivity contribution is -0.140. The van der Waals surface area contributed by atoms with Gasteiger partial charge in [0.25, 0.3) is 0 Å². The Balaban J connectivity index is 1.86. The van der Waals surface area contributed by atoms with Gasteiger partial charge in [0, 0.05) is 12.4 Å². The van der Waals surface area contributed by atoms with Crippen molar-refractivity contribution in [2.45, 2.75) is 32.1 Å². The number of aromatic nitrogens is 3. The van der Waals surface area contributed by atoms with E-state index >= 15 is 0 Å². The number of aryl methyl sites for hydroxylation is 1. The first-order chi connectivity index (χ1) is 11.0. The van der Waals surface area contributed by atoms with Crippen LogP contribution >= 0.6 is 0 Å². The average molecular weight is 314 g/mol. The van der Waals surface area contributed by atoms with Gasteiger partial charge in [-0.25, -0.2) is 9.97 Å². The van der Waals surface area contributed by atoms with Crippen LogP contribution in [-0.4, -0.2) is 32.2 Å². The zero-order chi connectivity index (χ0) is 16.6. The fourth-order valence-corrected chi connectivity index (χ4v) is 3.17. The molecule has 0 amide bonds. The summed E-state index contributed by atoms with van der Waals surface area (Å²) in [7, 11) is 0. The van der Waals surface area contributed by atoms with Gasteiger partial charge in [-0.05, 0) is 49.8 Å². The van der Waals surface area contributed by atoms with Crippen LogP contribution in [0.5, 0.6) is 0 Å². The summed E-state index contributed by atoms with van der Waals surface area (Å²) in [5.74, 6) is 0.367. The van der Waals surface area contributed by atoms with Gasteiger partial charge in [0.1, 0.15) is 17.6 Å². The smallest absolute Gasteiger partial charge is 0.316 e. The number of aliphatic carboxylic acids is 1. The molecule has 6 heteroatoms. The third-order valence-electron chi connectivity index (χ3n) is 4.78. The molecule has 1 aliphatic carbocycles. The second kappa shape index (κ2) is 5.77. The van der Waals surface area contributed by atoms with Crippen LogP contribution < -0.4 is 5.73 Å². The summed E-state index contributed by atoms with van der Waals surface area (Å²) < 4.78 is 1.78. The summed E-state index contributed by atoms with van der Waals surface area (Å²) in [4.78, 5) is 20.6. The minimum Gasteiger partial charge on any atom is -0.481 e. The number of carbonyl (C=O) groups is 1. The minimum atomic E-state index is -0.862. The van der Waals surface area contributed by atoms with E-state index in [9.17, 15) is 9.90 Å². The molecular formula is C17H22N4O2. The van der Waals surface area contributed by atoms with Crippen LogP contribution in [0.4, 0.5) is 0 Å². The molecule has 0 bridgehead atoms. The first-order valence-electron chi connectivity index (χ1n) is 7.88. The molecule has 3 N–H and O–H groups in total. The van der Waals surface area contributed by atoms with Crippen LogP contribution in [0.3, 0.4) is 0 Å². The highest BCUT2D eigenvalue weighted by molar-refractivity contribution is 5.85. The Morgan fingerprint density at radius 2 is 2.30 bits per heavy atom. The van der Waals surface area contributed by atoms with Crippen LogP contribution in [0.25, 0.3) is 5.82 Å². The molecule has 0 aromatic carbocycles. The van der Waals surface area contributed by atoms with Crippen molar-refractivity contribution < 1.29 is 9.90 Å². The summed E-state index contributed by atoms with van der Waals surface area (Å²) in [5.41, 5.74) is 6.50. The molecule has 0 radical (unpaired) electrons. The van der Waals surface area contributed by atoms with Gasteiger partial charge in [0.15, 0.2) is 0 Å². The molecule has 0 saturated heterocycles. The summed E-state index contributed by atoms with van der Waals surface area (Å²) >= 11 is 0. The molecule has 0 aliphatic heterocycles. The molecular weight excluding hydrogens is 292 g/mol. The highest BCUT2D eigenvalue weighted by atomic mass is 16.4. The summed E-state index contributed by atoms with van der Waals surface area (Å²) in [6, 6.07) is 3.87. The SMILES string of the molecule is Cc1ccc(-n2cnc([C@]3(C(=O)O)C[C@H]3C[C@@H](C)CN)c2)nc1. The van der Waals surface area contributed by atoms with Gasteiger partial charge in [-0.2, -0.15) is 0 Å². The van der Waals surface area contributed by atoms with Crippen molar-refractivity contribution in [2.24, 2.45) is 17.6 Å². The predicted octanol–water partition coefficient (Wildman–Crippen LogP) is 1.90. The maximum absolute atomic E-state index is 11.9. The number of carboxylic acids is 1. The molecule has 1 aliphatic rings. The molecule has 3 rings (SSSR count). The van der Waals surface area contributed by atoms with E-state index < -0.39 is 11.4 Å². The maximum Gasteiger partial charge on any atom is 0.316 e. The number of rotatable bonds is 6. The average Bonchev–Trinajstić information content (AvgIpc) is 3.04. The third kappa shape index (κ3) is 2.74. The standard InChI is InChI=1S/C17H22N4O2/c1-11-3-4-15(19-8-11)21-9-14(20-10-21)17(16(22)23)6-13(17)5-12(2)7-18/h3-4,8-10,12-13H,5-7,18H2,1-2H3,(H,22,23)/t12-,13-,17+/m1/s1. The van der Waals surface area contributed by atoms with E-state index in [0.29, 0.717) is 24.6 Å². The Morgan fingerprint density at radius 3 is 2.91 bits per heavy atom. The van der Waals surface area contributed by atoms with Gasteiger partial charge >= 0.3 is 5.97 Å². The third-order valence-corrected chi connectivity index (χ3v) is 4.78. The lowest BCUT2D eigenvalue weighted by Crippen LogP contribution is -2.24. The zero-order valence-corrected chi connectivity index (χ0v) is 13.4. The van der Waals surface area contributed by atoms with E-state index in [1.165, 1.54) is 0 Å². The highest BCUT2D eigenvalue weighted by Crippen LogP contribution is 2.56. The van der Waals surface area contributed by atoms with Crippen LogP contribution in [0.1, 0.15) is 31.0 Å². The first-order valence-corrected chi connectivity index (χ1v) is 7.88. The zero-order valence-electron chi connectivity index (χ0n) is 13.4. The van der Waals surface area contributed by atoms with Gasteiger partial charge in [-0.1, -0.05) is 13.0 Å². The van der Waals surface area contributed by atoms with E-state index in [2.05, 4.69) is 16.9 Å². The molecule has 2 heterocycles. The molecule has 0 unspecified atom stereocenters. The number of nitrogens with two attached hydrogens (primary N) is 1. The fraction of sp³-hybridized carbons (Fsp3) is 0.471. The number of pyridine rings is 1. The molecule has 2 aromatic heterocycles. The number of hydrogen-bond acceptors (Lipinski definition) is 4. The lowest BCUT2D eigenvalue weighted by Gasteiger charge is -2.12. The Kier molecular flexibility index (Phi) is 3.93. The van der Waals surface area contributed by atoms with Crippen molar-refractivity contribution >= 4 is 5.97 Å². The largest absolute Gasteiger partial charge is 0.481 e. The van der Waals surface area contributed by atoms with Crippen LogP contribution in [-0.2, 0) is 10.2 Å². The summed E-state index contributed by atoms with van der Waals surface area (Å²) in [5, 5.41) is 9.73. The Hall–Kier alpha value is -2.21. The van der Waals surface area contributed by atoms with E-state index in [1.807, 2.05) is 19.1 Å². The summed E-state index contributed by atoms with van der Waals surface area (Å²) in [6.45, 7) is 4.61. The molecule has 6 nitrogen and oxygen atoms in total. The van der Waals surface area contributed by atoms with Gasteiger partial charge in [-0.3, -0.25) is 9.36 Å². The first kappa shape index (κ1) is 15.7. The van der Waals surface area contributed by atoms with Crippen LogP contribution in [0.2, 0.25) is 0 Å². The van der Waals surface area contributed by atoms with Gasteiger partial charge in [0.05, 0.1) is 5.69 Å². The number of nitrogens with zero attached hydrogens (tertiary/aromatic N) is 3. The molecule has 0 spiro atoms. The minimum absolute atomic E-state index is 0.105. The number of hydrogen-bond donors (Lipinski definition) is 2. The van der Waals surface area contributed by atoms with E-state index in [-0.39, 0.29) is 5.92 Å². The van der Waals surface area contributed by atoms with Crippen molar-refractivity contribution in [1.82, 2.24) is 14.5 Å². The van der Waals surface area contributed by atoms with Gasteiger partial charge in [-0.15, -0.1) is 0 Å². The maximum atomic E-state index is 11.9. The molecule has 23 heavy (non-hydrogen) atoms. The van der Waals surface area contributed by atoms with E-state index in [1.54, 1.807) is 23.3 Å². The fourth-order valence-electron chi connectivity index (χ4n) is 3.17. The molecule has 3 atom stereocenters. The molecule has 2 aromatic rings. The second-order valence-corrected chi connectivity index (χ2v) is 6.61. The van der Waals surface area contributed by atoms with Crippen molar-refractivity contribution in [3.8, 4) is 5.82 Å². The van der Waals surface area contributed by atoms with Crippen molar-refractivity contribution in [3.63, 3.8) is 0 Å². The second-order valence-electron chi connectivity index (χ2n) is 6.61. The summed E-state index contributed by atoms with van der Waals surface area (Å²) in [6.07, 6.45) is 6.66. The van der Waals surface area contributed by atoms with Crippen LogP contribution in [0.15, 0.2) is 30.9 Å². The van der Waals surface area contributed by atoms with Crippen molar-refractivity contribution in [1.29, 1.82) is 0 Å². The van der Waals surface area contributed by atoms with Gasteiger partial charge < -0.3 is 10.8 Å². The predicted molar refractivity (Wildman–Crippen MR) is 86.4 cm³/mol. The Morgan fingerprint density at radius 1 is 1.52 bits per heavy atom. The van der Waals surface area contributed by atoms with Gasteiger partial charge in [0.2, 0.25) is 0 Å². The Labute approximate surface area is 135 Å². The van der Waals surface area contributed by atoms with Crippen molar-refractivity contribution in [2.75, 3.05) is 6.54 Å². The van der Waals surface area contributed by atoms with Crippen molar-refractivity contribution in [3.05, 3.63) is 42.1 Å². The molecule has 122 valence electrons. The quantitative estimate of drug-likeness (QED) is 0.849. The normalized spacial score (nSPS) is 24.4. The highest BCUT2D eigenvalue weighted by Gasteiger charge is 2.62. The topological polar surface area (TPSA) is 94.0 Å². The van der Waals surface area contributed by atoms with Crippen LogP contribution in [0, 0.1) is 18.8 Å². The number of imidazole rings is 1. The Bertz CT molecular complexity index is 710. The molecule has 1 fully saturated rings. The van der Waals surface area contributed by atoms with E-state index in [0.717, 1.165) is 17.8 Å².